The molecule has 1 saturated heterocycles. The molecule has 0 bridgehead atoms. The van der Waals surface area contributed by atoms with Crippen LogP contribution >= 0.6 is 11.6 Å². The summed E-state index contributed by atoms with van der Waals surface area (Å²) in [4.78, 5) is 13.5. The summed E-state index contributed by atoms with van der Waals surface area (Å²) in [7, 11) is 0. The molecule has 1 aliphatic rings. The van der Waals surface area contributed by atoms with E-state index in [2.05, 4.69) is 4.90 Å². The highest BCUT2D eigenvalue weighted by molar-refractivity contribution is 6.31. The zero-order valence-electron chi connectivity index (χ0n) is 9.91. The number of benzene rings is 1. The van der Waals surface area contributed by atoms with Crippen molar-refractivity contribution in [2.75, 3.05) is 26.3 Å². The number of nitrogens with zero attached hydrogens (tertiary/aromatic N) is 1. The maximum absolute atomic E-state index is 11.2. The number of halogens is 1. The van der Waals surface area contributed by atoms with Gasteiger partial charge in [0.25, 0.3) is 0 Å². The molecule has 1 aliphatic heterocycles. The third kappa shape index (κ3) is 3.28. The average molecular weight is 254 g/mol. The van der Waals surface area contributed by atoms with E-state index in [-0.39, 0.29) is 5.78 Å². The van der Waals surface area contributed by atoms with Gasteiger partial charge in [0.15, 0.2) is 5.78 Å². The molecule has 0 radical (unpaired) electrons. The second-order valence-corrected chi connectivity index (χ2v) is 4.66. The Morgan fingerprint density at radius 2 is 2.12 bits per heavy atom. The minimum atomic E-state index is 0.0461. The van der Waals surface area contributed by atoms with Crippen LogP contribution in [0.5, 0.6) is 0 Å². The van der Waals surface area contributed by atoms with E-state index in [4.69, 9.17) is 16.3 Å². The highest BCUT2D eigenvalue weighted by Gasteiger charge is 2.13. The van der Waals surface area contributed by atoms with Crippen LogP contribution in [0.15, 0.2) is 18.2 Å². The minimum Gasteiger partial charge on any atom is -0.379 e. The third-order valence-corrected chi connectivity index (χ3v) is 3.31. The van der Waals surface area contributed by atoms with Crippen molar-refractivity contribution in [2.45, 2.75) is 13.5 Å². The van der Waals surface area contributed by atoms with Crippen LogP contribution in [0.1, 0.15) is 22.8 Å². The van der Waals surface area contributed by atoms with Crippen molar-refractivity contribution >= 4 is 17.4 Å². The molecule has 0 atom stereocenters. The predicted molar refractivity (Wildman–Crippen MR) is 67.6 cm³/mol. The fourth-order valence-corrected chi connectivity index (χ4v) is 2.14. The maximum atomic E-state index is 11.2. The summed E-state index contributed by atoms with van der Waals surface area (Å²) in [5, 5.41) is 0.671. The van der Waals surface area contributed by atoms with Crippen molar-refractivity contribution in [1.82, 2.24) is 4.90 Å². The number of Topliss-reactive ketones (excluding diaryl/α,β-unsaturated/α-hetero) is 1. The van der Waals surface area contributed by atoms with Crippen molar-refractivity contribution in [3.63, 3.8) is 0 Å². The summed E-state index contributed by atoms with van der Waals surface area (Å²) in [6.07, 6.45) is 0. The summed E-state index contributed by atoms with van der Waals surface area (Å²) < 4.78 is 5.30. The molecule has 0 aromatic heterocycles. The molecule has 1 heterocycles. The van der Waals surface area contributed by atoms with Crippen LogP contribution in [0.2, 0.25) is 5.02 Å². The molecular formula is C13H16ClNO2. The van der Waals surface area contributed by atoms with Gasteiger partial charge in [0.2, 0.25) is 0 Å². The number of hydrogen-bond donors (Lipinski definition) is 0. The summed E-state index contributed by atoms with van der Waals surface area (Å²) in [6, 6.07) is 5.53. The van der Waals surface area contributed by atoms with E-state index in [0.29, 0.717) is 10.6 Å². The van der Waals surface area contributed by atoms with Crippen LogP contribution in [-0.4, -0.2) is 37.0 Å². The quantitative estimate of drug-likeness (QED) is 0.775. The van der Waals surface area contributed by atoms with Crippen molar-refractivity contribution in [2.24, 2.45) is 0 Å². The van der Waals surface area contributed by atoms with Gasteiger partial charge < -0.3 is 4.74 Å². The molecule has 0 N–H and O–H groups in total. The van der Waals surface area contributed by atoms with Crippen LogP contribution in [0.25, 0.3) is 0 Å². The fraction of sp³-hybridized carbons (Fsp3) is 0.462. The van der Waals surface area contributed by atoms with Crippen LogP contribution in [-0.2, 0) is 11.3 Å². The summed E-state index contributed by atoms with van der Waals surface area (Å²) in [6.45, 7) is 5.80. The molecule has 92 valence electrons. The molecule has 1 aromatic rings. The highest BCUT2D eigenvalue weighted by atomic mass is 35.5. The van der Waals surface area contributed by atoms with Crippen molar-refractivity contribution in [3.05, 3.63) is 34.3 Å². The van der Waals surface area contributed by atoms with E-state index < -0.39 is 0 Å². The van der Waals surface area contributed by atoms with E-state index in [0.717, 1.165) is 38.4 Å². The van der Waals surface area contributed by atoms with Gasteiger partial charge in [-0.25, -0.2) is 0 Å². The molecule has 0 amide bonds. The van der Waals surface area contributed by atoms with Gasteiger partial charge in [-0.2, -0.15) is 0 Å². The van der Waals surface area contributed by atoms with Gasteiger partial charge in [0.1, 0.15) is 0 Å². The standard InChI is InChI=1S/C13H16ClNO2/c1-10(16)11-2-3-12(13(14)8-11)9-15-4-6-17-7-5-15/h2-3,8H,4-7,9H2,1H3. The van der Waals surface area contributed by atoms with Crippen molar-refractivity contribution in [3.8, 4) is 0 Å². The molecule has 4 heteroatoms. The second-order valence-electron chi connectivity index (χ2n) is 4.25. The molecule has 0 aliphatic carbocycles. The first kappa shape index (κ1) is 12.6. The zero-order chi connectivity index (χ0) is 12.3. The normalized spacial score (nSPS) is 17.1. The van der Waals surface area contributed by atoms with Crippen molar-refractivity contribution in [1.29, 1.82) is 0 Å². The first-order chi connectivity index (χ1) is 8.16. The second kappa shape index (κ2) is 5.63. The topological polar surface area (TPSA) is 29.5 Å². The summed E-state index contributed by atoms with van der Waals surface area (Å²) in [5.74, 6) is 0.0461. The molecule has 1 fully saturated rings. The Morgan fingerprint density at radius 1 is 1.41 bits per heavy atom. The van der Waals surface area contributed by atoms with E-state index in [9.17, 15) is 4.79 Å². The smallest absolute Gasteiger partial charge is 0.159 e. The number of carbonyl (C=O) groups excluding carboxylic acids is 1. The van der Waals surface area contributed by atoms with Crippen LogP contribution in [0.3, 0.4) is 0 Å². The molecule has 2 rings (SSSR count). The van der Waals surface area contributed by atoms with E-state index in [1.807, 2.05) is 12.1 Å². The number of rotatable bonds is 3. The van der Waals surface area contributed by atoms with Gasteiger partial charge in [-0.3, -0.25) is 9.69 Å². The number of carbonyl (C=O) groups is 1. The molecule has 17 heavy (non-hydrogen) atoms. The molecule has 0 saturated carbocycles. The Balaban J connectivity index is 2.08. The van der Waals surface area contributed by atoms with Gasteiger partial charge in [-0.05, 0) is 18.6 Å². The largest absolute Gasteiger partial charge is 0.379 e. The van der Waals surface area contributed by atoms with Crippen LogP contribution in [0, 0.1) is 0 Å². The number of morpholine rings is 1. The number of ether oxygens (including phenoxy) is 1. The van der Waals surface area contributed by atoms with Gasteiger partial charge in [0, 0.05) is 30.2 Å². The molecule has 1 aromatic carbocycles. The average Bonchev–Trinajstić information content (AvgIpc) is 2.33. The lowest BCUT2D eigenvalue weighted by molar-refractivity contribution is 0.0342. The lowest BCUT2D eigenvalue weighted by Crippen LogP contribution is -2.35. The monoisotopic (exact) mass is 253 g/mol. The van der Waals surface area contributed by atoms with E-state index in [1.165, 1.54) is 0 Å². The van der Waals surface area contributed by atoms with E-state index >= 15 is 0 Å². The first-order valence-corrected chi connectivity index (χ1v) is 6.14. The van der Waals surface area contributed by atoms with Crippen molar-refractivity contribution < 1.29 is 9.53 Å². The fourth-order valence-electron chi connectivity index (χ4n) is 1.89. The summed E-state index contributed by atoms with van der Waals surface area (Å²) >= 11 is 6.18. The minimum absolute atomic E-state index is 0.0461. The Hall–Kier alpha value is -0.900. The Morgan fingerprint density at radius 3 is 2.71 bits per heavy atom. The Kier molecular flexibility index (Phi) is 4.15. The predicted octanol–water partition coefficient (Wildman–Crippen LogP) is 2.37. The first-order valence-electron chi connectivity index (χ1n) is 5.76. The maximum Gasteiger partial charge on any atom is 0.159 e. The van der Waals surface area contributed by atoms with Crippen LogP contribution in [0.4, 0.5) is 0 Å². The third-order valence-electron chi connectivity index (χ3n) is 2.96. The Labute approximate surface area is 106 Å². The lowest BCUT2D eigenvalue weighted by atomic mass is 10.1. The zero-order valence-corrected chi connectivity index (χ0v) is 10.7. The van der Waals surface area contributed by atoms with Gasteiger partial charge >= 0.3 is 0 Å². The van der Waals surface area contributed by atoms with E-state index in [1.54, 1.807) is 13.0 Å². The molecular weight excluding hydrogens is 238 g/mol. The van der Waals surface area contributed by atoms with Crippen LogP contribution < -0.4 is 0 Å². The van der Waals surface area contributed by atoms with Gasteiger partial charge in [0.05, 0.1) is 13.2 Å². The highest BCUT2D eigenvalue weighted by Crippen LogP contribution is 2.20. The summed E-state index contributed by atoms with van der Waals surface area (Å²) in [5.41, 5.74) is 1.74. The molecule has 0 spiro atoms. The van der Waals surface area contributed by atoms with Gasteiger partial charge in [-0.15, -0.1) is 0 Å². The number of hydrogen-bond acceptors (Lipinski definition) is 3. The lowest BCUT2D eigenvalue weighted by Gasteiger charge is -2.26. The Bertz CT molecular complexity index is 414. The molecule has 0 unspecified atom stereocenters. The molecule has 3 nitrogen and oxygen atoms in total. The SMILES string of the molecule is CC(=O)c1ccc(CN2CCOCC2)c(Cl)c1. The number of ketones is 1. The van der Waals surface area contributed by atoms with Gasteiger partial charge in [-0.1, -0.05) is 23.7 Å².